The maximum atomic E-state index is 12.7. The summed E-state index contributed by atoms with van der Waals surface area (Å²) in [6, 6.07) is 12.5. The van der Waals surface area contributed by atoms with E-state index in [1.807, 2.05) is 34.1 Å². The van der Waals surface area contributed by atoms with Crippen molar-refractivity contribution in [3.8, 4) is 0 Å². The third-order valence-electron chi connectivity index (χ3n) is 5.45. The molecule has 1 fully saturated rings. The molecular weight excluding hydrogens is 368 g/mol. The van der Waals surface area contributed by atoms with E-state index in [2.05, 4.69) is 41.3 Å². The van der Waals surface area contributed by atoms with Crippen molar-refractivity contribution in [2.24, 2.45) is 0 Å². The van der Waals surface area contributed by atoms with Gasteiger partial charge in [0.2, 0.25) is 5.91 Å². The number of nitrogens with zero attached hydrogens (tertiary/aromatic N) is 4. The van der Waals surface area contributed by atoms with Crippen molar-refractivity contribution in [1.82, 2.24) is 19.7 Å². The Bertz CT molecular complexity index is 954. The average Bonchev–Trinajstić information content (AvgIpc) is 3.15. The van der Waals surface area contributed by atoms with Crippen LogP contribution in [0.3, 0.4) is 0 Å². The summed E-state index contributed by atoms with van der Waals surface area (Å²) in [5.41, 5.74) is 2.27. The van der Waals surface area contributed by atoms with Crippen LogP contribution in [0.15, 0.2) is 48.8 Å². The van der Waals surface area contributed by atoms with Gasteiger partial charge in [0.15, 0.2) is 0 Å². The van der Waals surface area contributed by atoms with E-state index in [1.54, 1.807) is 11.8 Å². The van der Waals surface area contributed by atoms with E-state index in [0.29, 0.717) is 11.7 Å². The first-order chi connectivity index (χ1) is 13.7. The smallest absolute Gasteiger partial charge is 0.232 e. The van der Waals surface area contributed by atoms with Gasteiger partial charge in [0.1, 0.15) is 0 Å². The van der Waals surface area contributed by atoms with Crippen LogP contribution in [-0.2, 0) is 11.3 Å². The number of hydrogen-bond acceptors (Lipinski definition) is 4. The number of aryl methyl sites for hydroxylation is 2. The van der Waals surface area contributed by atoms with Gasteiger partial charge in [-0.15, -0.1) is 0 Å². The third-order valence-corrected chi connectivity index (χ3v) is 6.37. The molecule has 1 saturated heterocycles. The summed E-state index contributed by atoms with van der Waals surface area (Å²) in [7, 11) is 0. The second-order valence-corrected chi connectivity index (χ2v) is 8.49. The van der Waals surface area contributed by atoms with Crippen LogP contribution in [0.1, 0.15) is 30.1 Å². The Hall–Kier alpha value is -2.34. The van der Waals surface area contributed by atoms with Crippen molar-refractivity contribution in [3.63, 3.8) is 0 Å². The Labute approximate surface area is 170 Å². The molecule has 0 aliphatic carbocycles. The largest absolute Gasteiger partial charge is 0.341 e. The van der Waals surface area contributed by atoms with Gasteiger partial charge in [-0.2, -0.15) is 16.9 Å². The minimum atomic E-state index is 0.243. The highest BCUT2D eigenvalue weighted by Gasteiger charge is 2.25. The zero-order valence-corrected chi connectivity index (χ0v) is 17.1. The predicted octanol–water partition coefficient (Wildman–Crippen LogP) is 3.88. The predicted molar refractivity (Wildman–Crippen MR) is 115 cm³/mol. The Morgan fingerprint density at radius 3 is 2.93 bits per heavy atom. The van der Waals surface area contributed by atoms with E-state index in [0.717, 1.165) is 49.6 Å². The number of piperidine rings is 1. The van der Waals surface area contributed by atoms with Crippen molar-refractivity contribution >= 4 is 28.4 Å². The molecule has 1 aromatic carbocycles. The van der Waals surface area contributed by atoms with Crippen LogP contribution in [0.5, 0.6) is 0 Å². The summed E-state index contributed by atoms with van der Waals surface area (Å²) in [5.74, 6) is 2.02. The molecule has 1 aliphatic rings. The lowest BCUT2D eigenvalue weighted by Crippen LogP contribution is -2.40. The second kappa shape index (κ2) is 8.78. The molecule has 0 N–H and O–H groups in total. The molecule has 1 atom stereocenters. The van der Waals surface area contributed by atoms with E-state index in [-0.39, 0.29) is 5.91 Å². The lowest BCUT2D eigenvalue weighted by atomic mass is 9.93. The maximum absolute atomic E-state index is 12.7. The van der Waals surface area contributed by atoms with E-state index >= 15 is 0 Å². The van der Waals surface area contributed by atoms with Gasteiger partial charge in [-0.25, -0.2) is 0 Å². The van der Waals surface area contributed by atoms with E-state index in [4.69, 9.17) is 0 Å². The Morgan fingerprint density at radius 1 is 1.25 bits per heavy atom. The van der Waals surface area contributed by atoms with E-state index in [1.165, 1.54) is 10.8 Å². The number of rotatable bonds is 6. The average molecular weight is 395 g/mol. The summed E-state index contributed by atoms with van der Waals surface area (Å²) in [5, 5.41) is 6.68. The van der Waals surface area contributed by atoms with Gasteiger partial charge in [-0.05, 0) is 37.3 Å². The van der Waals surface area contributed by atoms with Crippen molar-refractivity contribution in [3.05, 3.63) is 60.2 Å². The molecule has 0 saturated carbocycles. The quantitative estimate of drug-likeness (QED) is 0.596. The van der Waals surface area contributed by atoms with Crippen LogP contribution in [-0.4, -0.2) is 50.2 Å². The van der Waals surface area contributed by atoms with Crippen molar-refractivity contribution in [1.29, 1.82) is 0 Å². The molecule has 4 rings (SSSR count). The van der Waals surface area contributed by atoms with E-state index in [9.17, 15) is 4.79 Å². The molecule has 1 aliphatic heterocycles. The van der Waals surface area contributed by atoms with Crippen molar-refractivity contribution in [2.75, 3.05) is 24.6 Å². The first kappa shape index (κ1) is 19.0. The van der Waals surface area contributed by atoms with Crippen LogP contribution in [0.2, 0.25) is 0 Å². The van der Waals surface area contributed by atoms with Crippen LogP contribution in [0.4, 0.5) is 0 Å². The Kier molecular flexibility index (Phi) is 5.95. The SMILES string of the molecule is Cc1ccnn1CCSCC(=O)N1CCCC(c2cc3ccccc3cn2)C1. The highest BCUT2D eigenvalue weighted by atomic mass is 32.2. The number of fused-ring (bicyclic) bond motifs is 1. The summed E-state index contributed by atoms with van der Waals surface area (Å²) in [6.07, 6.45) is 5.92. The number of benzene rings is 1. The minimum Gasteiger partial charge on any atom is -0.341 e. The lowest BCUT2D eigenvalue weighted by Gasteiger charge is -2.32. The van der Waals surface area contributed by atoms with E-state index < -0.39 is 0 Å². The molecular formula is C22H26N4OS. The number of amides is 1. The van der Waals surface area contributed by atoms with Gasteiger partial charge in [-0.1, -0.05) is 24.3 Å². The highest BCUT2D eigenvalue weighted by Crippen LogP contribution is 2.28. The number of carbonyl (C=O) groups excluding carboxylic acids is 1. The van der Waals surface area contributed by atoms with Gasteiger partial charge in [0.25, 0.3) is 0 Å². The van der Waals surface area contributed by atoms with Gasteiger partial charge in [0.05, 0.1) is 12.3 Å². The van der Waals surface area contributed by atoms with Crippen LogP contribution < -0.4 is 0 Å². The first-order valence-corrected chi connectivity index (χ1v) is 11.0. The Morgan fingerprint density at radius 2 is 2.11 bits per heavy atom. The molecule has 0 spiro atoms. The highest BCUT2D eigenvalue weighted by molar-refractivity contribution is 7.99. The number of hydrogen-bond donors (Lipinski definition) is 0. The molecule has 3 heterocycles. The summed E-state index contributed by atoms with van der Waals surface area (Å²) < 4.78 is 1.99. The summed E-state index contributed by atoms with van der Waals surface area (Å²) >= 11 is 1.69. The number of carbonyl (C=O) groups is 1. The van der Waals surface area contributed by atoms with Crippen LogP contribution in [0.25, 0.3) is 10.8 Å². The van der Waals surface area contributed by atoms with Gasteiger partial charge < -0.3 is 4.90 Å². The zero-order chi connectivity index (χ0) is 19.3. The molecule has 0 bridgehead atoms. The topological polar surface area (TPSA) is 51.0 Å². The normalized spacial score (nSPS) is 17.2. The Balaban J connectivity index is 1.31. The molecule has 6 heteroatoms. The lowest BCUT2D eigenvalue weighted by molar-refractivity contribution is -0.129. The number of pyridine rings is 1. The van der Waals surface area contributed by atoms with Gasteiger partial charge >= 0.3 is 0 Å². The molecule has 3 aromatic rings. The number of thioether (sulfide) groups is 1. The number of likely N-dealkylation sites (tertiary alicyclic amines) is 1. The molecule has 146 valence electrons. The molecule has 1 unspecified atom stereocenters. The molecule has 5 nitrogen and oxygen atoms in total. The fourth-order valence-corrected chi connectivity index (χ4v) is 4.61. The summed E-state index contributed by atoms with van der Waals surface area (Å²) in [6.45, 7) is 4.54. The van der Waals surface area contributed by atoms with Gasteiger partial charge in [0, 0.05) is 53.9 Å². The zero-order valence-electron chi connectivity index (χ0n) is 16.3. The third kappa shape index (κ3) is 4.38. The standard InChI is InChI=1S/C22H26N4OS/c1-17-8-9-24-26(17)11-12-28-16-22(27)25-10-4-7-20(15-25)21-13-18-5-2-3-6-19(18)14-23-21/h2-3,5-6,8-9,13-14,20H,4,7,10-12,15-16H2,1H3. The van der Waals surface area contributed by atoms with Crippen LogP contribution in [0, 0.1) is 6.92 Å². The minimum absolute atomic E-state index is 0.243. The fourth-order valence-electron chi connectivity index (χ4n) is 3.80. The maximum Gasteiger partial charge on any atom is 0.232 e. The molecule has 1 amide bonds. The molecule has 2 aromatic heterocycles. The van der Waals surface area contributed by atoms with Crippen molar-refractivity contribution < 1.29 is 4.79 Å². The fraction of sp³-hybridized carbons (Fsp3) is 0.409. The monoisotopic (exact) mass is 394 g/mol. The molecule has 28 heavy (non-hydrogen) atoms. The summed E-state index contributed by atoms with van der Waals surface area (Å²) in [4.78, 5) is 19.4. The van der Waals surface area contributed by atoms with Gasteiger partial charge in [-0.3, -0.25) is 14.5 Å². The van der Waals surface area contributed by atoms with Crippen molar-refractivity contribution in [2.45, 2.75) is 32.2 Å². The molecule has 0 radical (unpaired) electrons. The second-order valence-electron chi connectivity index (χ2n) is 7.38. The van der Waals surface area contributed by atoms with Crippen LogP contribution >= 0.6 is 11.8 Å². The number of aromatic nitrogens is 3. The first-order valence-electron chi connectivity index (χ1n) is 9.89.